The molecule has 4 atom stereocenters. The number of anilines is 1. The predicted octanol–water partition coefficient (Wildman–Crippen LogP) is 5.80. The van der Waals surface area contributed by atoms with E-state index in [-0.39, 0.29) is 36.9 Å². The number of hydrogen-bond acceptors (Lipinski definition) is 7. The van der Waals surface area contributed by atoms with E-state index in [9.17, 15) is 5.11 Å². The van der Waals surface area contributed by atoms with Crippen LogP contribution in [0.25, 0.3) is 33.3 Å². The summed E-state index contributed by atoms with van der Waals surface area (Å²) >= 11 is 3.44. The van der Waals surface area contributed by atoms with E-state index in [0.717, 1.165) is 25.3 Å². The van der Waals surface area contributed by atoms with E-state index in [1.54, 1.807) is 28.5 Å². The second-order valence-electron chi connectivity index (χ2n) is 12.6. The van der Waals surface area contributed by atoms with Crippen molar-refractivity contribution in [2.24, 2.45) is 13.0 Å². The van der Waals surface area contributed by atoms with Crippen LogP contribution in [0.15, 0.2) is 16.7 Å². The van der Waals surface area contributed by atoms with Gasteiger partial charge in [-0.05, 0) is 59.3 Å². The molecule has 41 heavy (non-hydrogen) atoms. The molecule has 2 aliphatic heterocycles. The third-order valence-corrected chi connectivity index (χ3v) is 11.1. The molecule has 0 radical (unpaired) electrons. The van der Waals surface area contributed by atoms with Crippen molar-refractivity contribution in [1.29, 1.82) is 0 Å². The molecule has 9 nitrogen and oxygen atoms in total. The Labute approximate surface area is 247 Å². The Kier molecular flexibility index (Phi) is 7.44. The topological polar surface area (TPSA) is 94.1 Å². The van der Waals surface area contributed by atoms with Crippen molar-refractivity contribution in [2.45, 2.75) is 83.5 Å². The van der Waals surface area contributed by atoms with Crippen LogP contribution in [-0.2, 0) is 25.1 Å². The number of aliphatic hydroxyl groups excluding tert-OH is 1. The summed E-state index contributed by atoms with van der Waals surface area (Å²) in [5.74, 6) is -0.0317. The van der Waals surface area contributed by atoms with Crippen molar-refractivity contribution in [2.75, 3.05) is 11.5 Å². The SMILES string of the molecule is C[C@H]1C[C@@H]2CC[C@H]([C@H]1F)N2c1nc2c(nc1CO)c(-c1ccc3nn(C)c(Br)c3c1F)nn2COCC[Si](C)(C)C. The molecule has 4 aromatic rings. The minimum atomic E-state index is -1.31. The lowest BCUT2D eigenvalue weighted by molar-refractivity contribution is 0.0814. The van der Waals surface area contributed by atoms with Crippen LogP contribution in [0.2, 0.25) is 25.7 Å². The molecule has 0 aliphatic carbocycles. The van der Waals surface area contributed by atoms with Crippen LogP contribution in [0.1, 0.15) is 31.9 Å². The van der Waals surface area contributed by atoms with E-state index in [0.29, 0.717) is 50.5 Å². The van der Waals surface area contributed by atoms with Gasteiger partial charge in [0.2, 0.25) is 0 Å². The Bertz CT molecular complexity index is 1620. The first-order chi connectivity index (χ1) is 19.5. The van der Waals surface area contributed by atoms with Gasteiger partial charge in [-0.2, -0.15) is 10.2 Å². The van der Waals surface area contributed by atoms with Gasteiger partial charge in [0.15, 0.2) is 11.5 Å². The summed E-state index contributed by atoms with van der Waals surface area (Å²) in [5.41, 5.74) is 2.17. The van der Waals surface area contributed by atoms with E-state index in [2.05, 4.69) is 40.7 Å². The van der Waals surface area contributed by atoms with Crippen LogP contribution in [0.3, 0.4) is 0 Å². The molecule has 13 heteroatoms. The van der Waals surface area contributed by atoms with Crippen molar-refractivity contribution in [3.63, 3.8) is 0 Å². The Balaban J connectivity index is 1.49. The third kappa shape index (κ3) is 4.98. The number of halogens is 3. The molecule has 2 bridgehead atoms. The van der Waals surface area contributed by atoms with Crippen molar-refractivity contribution in [3.05, 3.63) is 28.2 Å². The predicted molar refractivity (Wildman–Crippen MR) is 161 cm³/mol. The number of fused-ring (bicyclic) bond motifs is 4. The fourth-order valence-corrected chi connectivity index (χ4v) is 7.45. The minimum Gasteiger partial charge on any atom is -0.390 e. The van der Waals surface area contributed by atoms with Gasteiger partial charge in [-0.15, -0.1) is 0 Å². The number of nitrogens with zero attached hydrogens (tertiary/aromatic N) is 7. The highest BCUT2D eigenvalue weighted by molar-refractivity contribution is 9.10. The summed E-state index contributed by atoms with van der Waals surface area (Å²) in [6.45, 7) is 9.12. The number of ether oxygens (including phenoxy) is 1. The number of piperidine rings is 1. The molecule has 6 rings (SSSR count). The first-order valence-corrected chi connectivity index (χ1v) is 18.7. The van der Waals surface area contributed by atoms with Gasteiger partial charge in [-0.1, -0.05) is 26.6 Å². The average molecular weight is 649 g/mol. The van der Waals surface area contributed by atoms with Gasteiger partial charge in [0.05, 0.1) is 23.6 Å². The standard InChI is InChI=1S/C28H36BrF2N7O2Si/c1-15-12-16-6-9-20(22(15)30)38(16)27-19(13-39)32-25-24(17-7-8-18-21(23(17)31)26(29)36(2)34-18)35-37(28(25)33-27)14-40-10-11-41(3,4)5/h7-8,15-16,20,22,39H,6,9-14H2,1-5H3/t15-,16-,20+,22-/m0/s1. The second kappa shape index (κ2) is 10.7. The van der Waals surface area contributed by atoms with E-state index in [1.165, 1.54) is 0 Å². The number of rotatable bonds is 8. The minimum absolute atomic E-state index is 0.0281. The molecule has 1 aromatic carbocycles. The number of aryl methyl sites for hydroxylation is 1. The van der Waals surface area contributed by atoms with Crippen molar-refractivity contribution < 1.29 is 18.6 Å². The lowest BCUT2D eigenvalue weighted by Gasteiger charge is -2.41. The monoisotopic (exact) mass is 647 g/mol. The Morgan fingerprint density at radius 3 is 2.68 bits per heavy atom. The van der Waals surface area contributed by atoms with Gasteiger partial charge in [0, 0.05) is 33.3 Å². The number of aromatic nitrogens is 6. The second-order valence-corrected chi connectivity index (χ2v) is 19.0. The van der Waals surface area contributed by atoms with Gasteiger partial charge in [-0.25, -0.2) is 23.4 Å². The van der Waals surface area contributed by atoms with Crippen LogP contribution in [0.5, 0.6) is 0 Å². The zero-order chi connectivity index (χ0) is 29.2. The summed E-state index contributed by atoms with van der Waals surface area (Å²) in [5, 5.41) is 19.9. The largest absolute Gasteiger partial charge is 0.390 e. The van der Waals surface area contributed by atoms with Crippen LogP contribution in [-0.4, -0.2) is 67.6 Å². The van der Waals surface area contributed by atoms with E-state index in [4.69, 9.17) is 19.8 Å². The van der Waals surface area contributed by atoms with Crippen molar-refractivity contribution in [3.8, 4) is 11.3 Å². The van der Waals surface area contributed by atoms with Crippen molar-refractivity contribution >= 4 is 51.9 Å². The third-order valence-electron chi connectivity index (χ3n) is 8.45. The molecule has 0 unspecified atom stereocenters. The maximum Gasteiger partial charge on any atom is 0.181 e. The number of alkyl halides is 1. The number of benzene rings is 1. The smallest absolute Gasteiger partial charge is 0.181 e. The van der Waals surface area contributed by atoms with Crippen LogP contribution in [0.4, 0.5) is 14.6 Å². The molecule has 2 aliphatic rings. The lowest BCUT2D eigenvalue weighted by atomic mass is 9.90. The van der Waals surface area contributed by atoms with Gasteiger partial charge >= 0.3 is 0 Å². The zero-order valence-corrected chi connectivity index (χ0v) is 26.6. The first kappa shape index (κ1) is 28.6. The van der Waals surface area contributed by atoms with Gasteiger partial charge in [-0.3, -0.25) is 4.68 Å². The molecular formula is C28H36BrF2N7O2Si. The average Bonchev–Trinajstić information content (AvgIpc) is 3.55. The Morgan fingerprint density at radius 2 is 1.95 bits per heavy atom. The highest BCUT2D eigenvalue weighted by Crippen LogP contribution is 2.44. The van der Waals surface area contributed by atoms with Gasteiger partial charge in [0.1, 0.15) is 40.2 Å². The highest BCUT2D eigenvalue weighted by Gasteiger charge is 2.47. The maximum atomic E-state index is 16.0. The molecule has 1 N–H and O–H groups in total. The lowest BCUT2D eigenvalue weighted by Crippen LogP contribution is -2.50. The summed E-state index contributed by atoms with van der Waals surface area (Å²) in [6.07, 6.45) is 1.34. The molecule has 5 heterocycles. The van der Waals surface area contributed by atoms with E-state index < -0.39 is 20.1 Å². The molecule has 0 saturated carbocycles. The molecule has 0 spiro atoms. The van der Waals surface area contributed by atoms with Crippen LogP contribution >= 0.6 is 15.9 Å². The summed E-state index contributed by atoms with van der Waals surface area (Å²) in [4.78, 5) is 11.8. The highest BCUT2D eigenvalue weighted by atomic mass is 79.9. The quantitative estimate of drug-likeness (QED) is 0.191. The number of aliphatic hydroxyl groups is 1. The Hall–Kier alpha value is -2.48. The maximum absolute atomic E-state index is 16.0. The zero-order valence-electron chi connectivity index (χ0n) is 24.0. The first-order valence-electron chi connectivity index (χ1n) is 14.2. The molecular weight excluding hydrogens is 612 g/mol. The summed E-state index contributed by atoms with van der Waals surface area (Å²) in [6, 6.07) is 4.19. The van der Waals surface area contributed by atoms with Gasteiger partial charge in [0.25, 0.3) is 0 Å². The number of hydrogen-bond donors (Lipinski definition) is 1. The van der Waals surface area contributed by atoms with Crippen LogP contribution in [0, 0.1) is 11.7 Å². The normalized spacial score (nSPS) is 22.9. The fourth-order valence-electron chi connectivity index (χ4n) is 6.24. The van der Waals surface area contributed by atoms with Crippen molar-refractivity contribution in [1.82, 2.24) is 29.5 Å². The van der Waals surface area contributed by atoms with E-state index in [1.807, 2.05) is 11.8 Å². The summed E-state index contributed by atoms with van der Waals surface area (Å²) < 4.78 is 41.1. The molecule has 2 fully saturated rings. The summed E-state index contributed by atoms with van der Waals surface area (Å²) in [7, 11) is 0.426. The van der Waals surface area contributed by atoms with Gasteiger partial charge < -0.3 is 14.7 Å². The fraction of sp³-hybridized carbons (Fsp3) is 0.571. The molecule has 3 aromatic heterocycles. The molecule has 220 valence electrons. The van der Waals surface area contributed by atoms with E-state index >= 15 is 8.78 Å². The molecule has 2 saturated heterocycles. The Morgan fingerprint density at radius 1 is 1.17 bits per heavy atom. The molecule has 0 amide bonds. The van der Waals surface area contributed by atoms with Crippen LogP contribution < -0.4 is 4.90 Å².